The first-order valence-corrected chi connectivity index (χ1v) is 8.24. The molecule has 23 heavy (non-hydrogen) atoms. The molecule has 1 fully saturated rings. The van der Waals surface area contributed by atoms with Gasteiger partial charge in [-0.25, -0.2) is 4.98 Å². The number of nitrogens with zero attached hydrogens (tertiary/aromatic N) is 2. The van der Waals surface area contributed by atoms with Gasteiger partial charge in [-0.15, -0.1) is 0 Å². The van der Waals surface area contributed by atoms with Gasteiger partial charge in [0.25, 0.3) is 5.91 Å². The Morgan fingerprint density at radius 2 is 1.96 bits per heavy atom. The summed E-state index contributed by atoms with van der Waals surface area (Å²) < 4.78 is 0. The van der Waals surface area contributed by atoms with Crippen LogP contribution in [0.1, 0.15) is 56.8 Å². The second-order valence-corrected chi connectivity index (χ2v) is 6.65. The van der Waals surface area contributed by atoms with E-state index >= 15 is 0 Å². The number of aliphatic hydroxyl groups is 1. The Balaban J connectivity index is 2.13. The predicted molar refractivity (Wildman–Crippen MR) is 90.4 cm³/mol. The minimum absolute atomic E-state index is 0.153. The summed E-state index contributed by atoms with van der Waals surface area (Å²) in [5.41, 5.74) is 5.70. The highest BCUT2D eigenvalue weighted by Gasteiger charge is 2.21. The Hall–Kier alpha value is -1.89. The maximum atomic E-state index is 11.6. The predicted octanol–water partition coefficient (Wildman–Crippen LogP) is 1.75. The Bertz CT molecular complexity index is 541. The lowest BCUT2D eigenvalue weighted by molar-refractivity contribution is 0.1000. The summed E-state index contributed by atoms with van der Waals surface area (Å²) in [4.78, 5) is 20.2. The van der Waals surface area contributed by atoms with E-state index in [2.05, 4.69) is 34.4 Å². The van der Waals surface area contributed by atoms with Crippen molar-refractivity contribution in [1.82, 2.24) is 9.97 Å². The Kier molecular flexibility index (Phi) is 5.76. The normalized spacial score (nSPS) is 22.7. The number of hydrogen-bond acceptors (Lipinski definition) is 6. The monoisotopic (exact) mass is 321 g/mol. The third-order valence-corrected chi connectivity index (χ3v) is 4.45. The number of aliphatic hydroxyl groups excluding tert-OH is 1. The molecule has 1 aromatic heterocycles. The van der Waals surface area contributed by atoms with Crippen molar-refractivity contribution in [2.45, 2.75) is 64.6 Å². The fourth-order valence-corrected chi connectivity index (χ4v) is 2.53. The number of nitrogens with two attached hydrogens (primary N) is 1. The second-order valence-electron chi connectivity index (χ2n) is 6.65. The molecule has 5 N–H and O–H groups in total. The number of rotatable bonds is 6. The molecule has 1 amide bonds. The van der Waals surface area contributed by atoms with E-state index in [1.165, 1.54) is 6.20 Å². The SMILES string of the molecule is CC(C)[C@H](C)Nc1nc(N[C@H]2CC[C@H](O)CC2)ncc1C(N)=O. The van der Waals surface area contributed by atoms with E-state index in [-0.39, 0.29) is 18.2 Å². The van der Waals surface area contributed by atoms with Crippen LogP contribution in [0.3, 0.4) is 0 Å². The third kappa shape index (κ3) is 4.79. The van der Waals surface area contributed by atoms with Crippen molar-refractivity contribution in [2.75, 3.05) is 10.6 Å². The van der Waals surface area contributed by atoms with Gasteiger partial charge < -0.3 is 21.5 Å². The number of amides is 1. The van der Waals surface area contributed by atoms with Gasteiger partial charge in [0.2, 0.25) is 5.95 Å². The highest BCUT2D eigenvalue weighted by Crippen LogP contribution is 2.22. The zero-order valence-corrected chi connectivity index (χ0v) is 14.0. The molecule has 7 nitrogen and oxygen atoms in total. The highest BCUT2D eigenvalue weighted by molar-refractivity contribution is 5.97. The van der Waals surface area contributed by atoms with Gasteiger partial charge >= 0.3 is 0 Å². The van der Waals surface area contributed by atoms with Crippen molar-refractivity contribution in [3.05, 3.63) is 11.8 Å². The summed E-state index contributed by atoms with van der Waals surface area (Å²) in [5, 5.41) is 16.1. The molecule has 2 rings (SSSR count). The molecule has 128 valence electrons. The van der Waals surface area contributed by atoms with Gasteiger partial charge in [0, 0.05) is 18.3 Å². The van der Waals surface area contributed by atoms with E-state index in [1.807, 2.05) is 6.92 Å². The number of aromatic nitrogens is 2. The lowest BCUT2D eigenvalue weighted by atomic mass is 9.93. The van der Waals surface area contributed by atoms with Crippen LogP contribution in [0.25, 0.3) is 0 Å². The minimum Gasteiger partial charge on any atom is -0.393 e. The van der Waals surface area contributed by atoms with E-state index in [0.717, 1.165) is 25.7 Å². The summed E-state index contributed by atoms with van der Waals surface area (Å²) >= 11 is 0. The molecule has 0 aromatic carbocycles. The largest absolute Gasteiger partial charge is 0.393 e. The van der Waals surface area contributed by atoms with Gasteiger partial charge in [0.05, 0.1) is 11.7 Å². The zero-order chi connectivity index (χ0) is 17.0. The van der Waals surface area contributed by atoms with Crippen LogP contribution >= 0.6 is 0 Å². The minimum atomic E-state index is -0.546. The fraction of sp³-hybridized carbons (Fsp3) is 0.688. The number of carbonyl (C=O) groups is 1. The van der Waals surface area contributed by atoms with Gasteiger partial charge in [-0.2, -0.15) is 4.98 Å². The average Bonchev–Trinajstić information content (AvgIpc) is 2.49. The summed E-state index contributed by atoms with van der Waals surface area (Å²) in [6.07, 6.45) is 4.60. The van der Waals surface area contributed by atoms with Crippen LogP contribution in [0.5, 0.6) is 0 Å². The summed E-state index contributed by atoms with van der Waals surface area (Å²) in [5.74, 6) is 0.791. The number of carbonyl (C=O) groups excluding carboxylic acids is 1. The molecule has 0 aliphatic heterocycles. The van der Waals surface area contributed by atoms with Crippen molar-refractivity contribution in [3.63, 3.8) is 0 Å². The van der Waals surface area contributed by atoms with Crippen molar-refractivity contribution in [2.24, 2.45) is 11.7 Å². The number of hydrogen-bond donors (Lipinski definition) is 4. The van der Waals surface area contributed by atoms with Crippen LogP contribution in [0.4, 0.5) is 11.8 Å². The van der Waals surface area contributed by atoms with E-state index in [9.17, 15) is 9.90 Å². The molecule has 0 saturated heterocycles. The molecule has 1 atom stereocenters. The van der Waals surface area contributed by atoms with Crippen LogP contribution in [0.15, 0.2) is 6.20 Å². The molecule has 1 heterocycles. The third-order valence-electron chi connectivity index (χ3n) is 4.45. The van der Waals surface area contributed by atoms with E-state index < -0.39 is 5.91 Å². The average molecular weight is 321 g/mol. The van der Waals surface area contributed by atoms with Crippen LogP contribution in [-0.2, 0) is 0 Å². The molecule has 0 spiro atoms. The van der Waals surface area contributed by atoms with E-state index in [1.54, 1.807) is 0 Å². The molecule has 0 bridgehead atoms. The molecule has 0 unspecified atom stereocenters. The first-order valence-electron chi connectivity index (χ1n) is 8.24. The highest BCUT2D eigenvalue weighted by atomic mass is 16.3. The summed E-state index contributed by atoms with van der Waals surface area (Å²) in [7, 11) is 0. The maximum absolute atomic E-state index is 11.6. The Labute approximate surface area is 137 Å². The smallest absolute Gasteiger partial charge is 0.254 e. The molecular formula is C16H27N5O2. The van der Waals surface area contributed by atoms with E-state index in [0.29, 0.717) is 23.2 Å². The summed E-state index contributed by atoms with van der Waals surface area (Å²) in [6, 6.07) is 0.397. The lowest BCUT2D eigenvalue weighted by Gasteiger charge is -2.26. The maximum Gasteiger partial charge on any atom is 0.254 e. The molecule has 1 aliphatic carbocycles. The topological polar surface area (TPSA) is 113 Å². The standard InChI is InChI=1S/C16H27N5O2/c1-9(2)10(3)19-15-13(14(17)23)8-18-16(21-15)20-11-4-6-12(22)7-5-11/h8-12,22H,4-7H2,1-3H3,(H2,17,23)(H2,18,19,20,21)/t10-,11-,12-/m0/s1. The van der Waals surface area contributed by atoms with Crippen LogP contribution in [0, 0.1) is 5.92 Å². The number of anilines is 2. The van der Waals surface area contributed by atoms with Gasteiger partial charge in [0.1, 0.15) is 5.82 Å². The number of nitrogens with one attached hydrogen (secondary N) is 2. The Morgan fingerprint density at radius 1 is 1.30 bits per heavy atom. The molecule has 1 saturated carbocycles. The van der Waals surface area contributed by atoms with Crippen molar-refractivity contribution < 1.29 is 9.90 Å². The van der Waals surface area contributed by atoms with Crippen LogP contribution in [-0.4, -0.2) is 39.2 Å². The first kappa shape index (κ1) is 17.5. The zero-order valence-electron chi connectivity index (χ0n) is 14.0. The van der Waals surface area contributed by atoms with Crippen LogP contribution < -0.4 is 16.4 Å². The fourth-order valence-electron chi connectivity index (χ4n) is 2.53. The van der Waals surface area contributed by atoms with Gasteiger partial charge in [-0.3, -0.25) is 4.79 Å². The van der Waals surface area contributed by atoms with Crippen molar-refractivity contribution >= 4 is 17.7 Å². The van der Waals surface area contributed by atoms with E-state index in [4.69, 9.17) is 5.73 Å². The summed E-state index contributed by atoms with van der Waals surface area (Å²) in [6.45, 7) is 6.22. The molecule has 1 aliphatic rings. The van der Waals surface area contributed by atoms with Gasteiger partial charge in [-0.1, -0.05) is 13.8 Å². The van der Waals surface area contributed by atoms with Crippen LogP contribution in [0.2, 0.25) is 0 Å². The lowest BCUT2D eigenvalue weighted by Crippen LogP contribution is -2.30. The van der Waals surface area contributed by atoms with Gasteiger partial charge in [-0.05, 0) is 38.5 Å². The molecule has 1 aromatic rings. The first-order chi connectivity index (χ1) is 10.9. The van der Waals surface area contributed by atoms with Gasteiger partial charge in [0.15, 0.2) is 0 Å². The van der Waals surface area contributed by atoms with Crippen molar-refractivity contribution in [3.8, 4) is 0 Å². The number of primary amides is 1. The molecular weight excluding hydrogens is 294 g/mol. The second kappa shape index (κ2) is 7.59. The van der Waals surface area contributed by atoms with Crippen molar-refractivity contribution in [1.29, 1.82) is 0 Å². The molecule has 0 radical (unpaired) electrons. The molecule has 7 heteroatoms. The quantitative estimate of drug-likeness (QED) is 0.635. The Morgan fingerprint density at radius 3 is 2.52 bits per heavy atom.